The fraction of sp³-hybridized carbons (Fsp3) is 0.316. The molecule has 3 aromatic rings. The van der Waals surface area contributed by atoms with Crippen LogP contribution in [0.25, 0.3) is 11.0 Å². The van der Waals surface area contributed by atoms with Crippen molar-refractivity contribution in [1.29, 1.82) is 0 Å². The zero-order valence-corrected chi connectivity index (χ0v) is 15.8. The Morgan fingerprint density at radius 3 is 2.62 bits per heavy atom. The number of carbonyl (C=O) groups is 2. The number of hydrogen-bond acceptors (Lipinski definition) is 4. The van der Waals surface area contributed by atoms with Gasteiger partial charge in [-0.1, -0.05) is 32.0 Å². The number of aryl methyl sites for hydroxylation is 1. The van der Waals surface area contributed by atoms with Gasteiger partial charge in [-0.25, -0.2) is 4.98 Å². The summed E-state index contributed by atoms with van der Waals surface area (Å²) in [5.41, 5.74) is 1.79. The highest BCUT2D eigenvalue weighted by atomic mass is 32.1. The zero-order valence-electron chi connectivity index (χ0n) is 15.0. The number of hydrogen-bond donors (Lipinski definition) is 2. The summed E-state index contributed by atoms with van der Waals surface area (Å²) in [7, 11) is 0. The normalized spacial score (nSPS) is 12.3. The minimum atomic E-state index is -0.644. The van der Waals surface area contributed by atoms with Crippen LogP contribution >= 0.6 is 11.3 Å². The molecule has 0 aliphatic rings. The van der Waals surface area contributed by atoms with Crippen molar-refractivity contribution in [3.8, 4) is 0 Å². The molecule has 1 atom stereocenters. The van der Waals surface area contributed by atoms with Crippen molar-refractivity contribution < 1.29 is 9.59 Å². The van der Waals surface area contributed by atoms with E-state index in [4.69, 9.17) is 0 Å². The van der Waals surface area contributed by atoms with Gasteiger partial charge in [0.1, 0.15) is 6.04 Å². The zero-order chi connectivity index (χ0) is 18.7. The van der Waals surface area contributed by atoms with Gasteiger partial charge in [0.25, 0.3) is 5.91 Å². The summed E-state index contributed by atoms with van der Waals surface area (Å²) in [6, 6.07) is 10.7. The Kier molecular flexibility index (Phi) is 5.37. The minimum Gasteiger partial charge on any atom is -0.339 e. The molecule has 3 rings (SSSR count). The van der Waals surface area contributed by atoms with Gasteiger partial charge in [0.2, 0.25) is 11.9 Å². The van der Waals surface area contributed by atoms with Crippen LogP contribution in [0.15, 0.2) is 41.8 Å². The molecule has 0 aliphatic carbocycles. The molecule has 26 heavy (non-hydrogen) atoms. The van der Waals surface area contributed by atoms with Crippen molar-refractivity contribution in [2.24, 2.45) is 5.92 Å². The Hall–Kier alpha value is -2.67. The van der Waals surface area contributed by atoms with E-state index in [2.05, 4.69) is 15.6 Å². The number of thiophene rings is 1. The van der Waals surface area contributed by atoms with Crippen molar-refractivity contribution in [3.05, 3.63) is 46.7 Å². The number of para-hydroxylation sites is 2. The molecule has 0 radical (unpaired) electrons. The van der Waals surface area contributed by atoms with Gasteiger partial charge in [-0.05, 0) is 36.4 Å². The van der Waals surface area contributed by atoms with Gasteiger partial charge >= 0.3 is 0 Å². The van der Waals surface area contributed by atoms with Crippen LogP contribution in [0.5, 0.6) is 0 Å². The topological polar surface area (TPSA) is 76.0 Å². The van der Waals surface area contributed by atoms with Crippen LogP contribution in [-0.4, -0.2) is 27.4 Å². The monoisotopic (exact) mass is 370 g/mol. The van der Waals surface area contributed by atoms with Gasteiger partial charge in [-0.15, -0.1) is 11.3 Å². The van der Waals surface area contributed by atoms with Gasteiger partial charge in [0.05, 0.1) is 15.9 Å². The minimum absolute atomic E-state index is 0.0571. The first-order valence-electron chi connectivity index (χ1n) is 8.61. The standard InChI is InChI=1S/C19H22N4O2S/c1-4-23-14-9-6-5-8-13(14)20-19(23)22-18(25)16(12(2)3)21-17(24)15-10-7-11-26-15/h5-12,16H,4H2,1-3H3,(H,21,24)(H,20,22,25). The molecule has 2 amide bonds. The van der Waals surface area contributed by atoms with Crippen molar-refractivity contribution in [2.75, 3.05) is 5.32 Å². The van der Waals surface area contributed by atoms with Crippen molar-refractivity contribution >= 4 is 40.1 Å². The quantitative estimate of drug-likeness (QED) is 0.697. The molecular formula is C19H22N4O2S. The van der Waals surface area contributed by atoms with Gasteiger partial charge in [-0.2, -0.15) is 0 Å². The number of aromatic nitrogens is 2. The van der Waals surface area contributed by atoms with E-state index >= 15 is 0 Å². The number of fused-ring (bicyclic) bond motifs is 1. The number of carbonyl (C=O) groups excluding carboxylic acids is 2. The van der Waals surface area contributed by atoms with Crippen molar-refractivity contribution in [3.63, 3.8) is 0 Å². The predicted octanol–water partition coefficient (Wildman–Crippen LogP) is 3.51. The summed E-state index contributed by atoms with van der Waals surface area (Å²) in [6.07, 6.45) is 0. The number of benzene rings is 1. The van der Waals surface area contributed by atoms with Crippen molar-refractivity contribution in [2.45, 2.75) is 33.4 Å². The smallest absolute Gasteiger partial charge is 0.262 e. The highest BCUT2D eigenvalue weighted by Crippen LogP contribution is 2.20. The van der Waals surface area contributed by atoms with Crippen LogP contribution in [0, 0.1) is 5.92 Å². The number of amides is 2. The third-order valence-corrected chi connectivity index (χ3v) is 5.06. The summed E-state index contributed by atoms with van der Waals surface area (Å²) >= 11 is 1.35. The molecule has 0 aliphatic heterocycles. The number of nitrogens with one attached hydrogen (secondary N) is 2. The number of rotatable bonds is 6. The molecule has 6 nitrogen and oxygen atoms in total. The van der Waals surface area contributed by atoms with E-state index < -0.39 is 6.04 Å². The Labute approximate surface area is 156 Å². The van der Waals surface area contributed by atoms with E-state index in [1.807, 2.05) is 61.1 Å². The summed E-state index contributed by atoms with van der Waals surface area (Å²) in [4.78, 5) is 30.3. The third-order valence-electron chi connectivity index (χ3n) is 4.19. The SMILES string of the molecule is CCn1c(NC(=O)C(NC(=O)c2cccs2)C(C)C)nc2ccccc21. The average Bonchev–Trinajstić information content (AvgIpc) is 3.26. The highest BCUT2D eigenvalue weighted by Gasteiger charge is 2.26. The van der Waals surface area contributed by atoms with E-state index in [1.54, 1.807) is 6.07 Å². The molecule has 0 bridgehead atoms. The molecule has 1 aromatic carbocycles. The maximum Gasteiger partial charge on any atom is 0.262 e. The maximum atomic E-state index is 12.8. The number of imidazole rings is 1. The van der Waals surface area contributed by atoms with Crippen LogP contribution in [0.4, 0.5) is 5.95 Å². The van der Waals surface area contributed by atoms with Gasteiger partial charge in [0.15, 0.2) is 0 Å². The third kappa shape index (κ3) is 3.62. The Balaban J connectivity index is 1.81. The molecule has 2 heterocycles. The van der Waals surface area contributed by atoms with E-state index in [1.165, 1.54) is 11.3 Å². The Bertz CT molecular complexity index is 915. The molecule has 136 valence electrons. The van der Waals surface area contributed by atoms with Crippen LogP contribution in [-0.2, 0) is 11.3 Å². The van der Waals surface area contributed by atoms with Gasteiger partial charge < -0.3 is 9.88 Å². The van der Waals surface area contributed by atoms with E-state index in [0.29, 0.717) is 17.4 Å². The first-order chi connectivity index (χ1) is 12.5. The van der Waals surface area contributed by atoms with Crippen LogP contribution < -0.4 is 10.6 Å². The van der Waals surface area contributed by atoms with Crippen molar-refractivity contribution in [1.82, 2.24) is 14.9 Å². The molecule has 7 heteroatoms. The van der Waals surface area contributed by atoms with E-state index in [0.717, 1.165) is 11.0 Å². The second kappa shape index (κ2) is 7.70. The highest BCUT2D eigenvalue weighted by molar-refractivity contribution is 7.12. The fourth-order valence-corrected chi connectivity index (χ4v) is 3.46. The van der Waals surface area contributed by atoms with Crippen LogP contribution in [0.1, 0.15) is 30.4 Å². The molecule has 2 aromatic heterocycles. The first-order valence-corrected chi connectivity index (χ1v) is 9.49. The van der Waals surface area contributed by atoms with Gasteiger partial charge in [-0.3, -0.25) is 14.9 Å². The molecular weight excluding hydrogens is 348 g/mol. The lowest BCUT2D eigenvalue weighted by molar-refractivity contribution is -0.118. The Morgan fingerprint density at radius 2 is 1.96 bits per heavy atom. The maximum absolute atomic E-state index is 12.8. The second-order valence-electron chi connectivity index (χ2n) is 6.33. The average molecular weight is 370 g/mol. The molecule has 0 spiro atoms. The molecule has 0 saturated carbocycles. The Morgan fingerprint density at radius 1 is 1.19 bits per heavy atom. The molecule has 2 N–H and O–H groups in total. The number of anilines is 1. The largest absolute Gasteiger partial charge is 0.339 e. The van der Waals surface area contributed by atoms with E-state index in [-0.39, 0.29) is 17.7 Å². The summed E-state index contributed by atoms with van der Waals surface area (Å²) in [5.74, 6) is -0.0687. The second-order valence-corrected chi connectivity index (χ2v) is 7.28. The molecule has 0 saturated heterocycles. The summed E-state index contributed by atoms with van der Waals surface area (Å²) < 4.78 is 1.95. The predicted molar refractivity (Wildman–Crippen MR) is 104 cm³/mol. The lowest BCUT2D eigenvalue weighted by Crippen LogP contribution is -2.47. The number of nitrogens with zero attached hydrogens (tertiary/aromatic N) is 2. The van der Waals surface area contributed by atoms with Crippen LogP contribution in [0.2, 0.25) is 0 Å². The van der Waals surface area contributed by atoms with Gasteiger partial charge in [0, 0.05) is 6.54 Å². The fourth-order valence-electron chi connectivity index (χ4n) is 2.83. The lowest BCUT2D eigenvalue weighted by Gasteiger charge is -2.21. The first kappa shape index (κ1) is 18.1. The van der Waals surface area contributed by atoms with E-state index in [9.17, 15) is 9.59 Å². The summed E-state index contributed by atoms with van der Waals surface area (Å²) in [5, 5.41) is 7.55. The molecule has 1 unspecified atom stereocenters. The summed E-state index contributed by atoms with van der Waals surface area (Å²) in [6.45, 7) is 6.50. The lowest BCUT2D eigenvalue weighted by atomic mass is 10.0. The molecule has 0 fully saturated rings. The van der Waals surface area contributed by atoms with Crippen LogP contribution in [0.3, 0.4) is 0 Å².